The lowest BCUT2D eigenvalue weighted by atomic mass is 10.2. The second-order valence-electron chi connectivity index (χ2n) is 6.12. The summed E-state index contributed by atoms with van der Waals surface area (Å²) in [6, 6.07) is 6.24. The topological polar surface area (TPSA) is 63.2 Å². The van der Waals surface area contributed by atoms with Crippen molar-refractivity contribution in [2.24, 2.45) is 0 Å². The minimum Gasteiger partial charge on any atom is -0.378 e. The third-order valence-electron chi connectivity index (χ3n) is 4.25. The third-order valence-corrected chi connectivity index (χ3v) is 5.28. The van der Waals surface area contributed by atoms with Gasteiger partial charge in [-0.05, 0) is 32.2 Å². The van der Waals surface area contributed by atoms with Crippen molar-refractivity contribution in [3.05, 3.63) is 35.0 Å². The molecule has 4 heterocycles. The number of hydrogen-bond donors (Lipinski definition) is 1. The van der Waals surface area contributed by atoms with Gasteiger partial charge < -0.3 is 15.0 Å². The Labute approximate surface area is 150 Å². The molecule has 1 aliphatic rings. The van der Waals surface area contributed by atoms with E-state index in [0.29, 0.717) is 0 Å². The summed E-state index contributed by atoms with van der Waals surface area (Å²) < 4.78 is 5.50. The molecule has 0 bridgehead atoms. The lowest BCUT2D eigenvalue weighted by Crippen LogP contribution is -2.37. The molecule has 0 saturated carbocycles. The average Bonchev–Trinajstić information content (AvgIpc) is 3.05. The molecule has 1 N–H and O–H groups in total. The molecule has 25 heavy (non-hydrogen) atoms. The molecular formula is C18H21N5OS. The SMILES string of the molecule is CNCc1cc2c(N3CCOCC3)nc(-c3ccc(C)nc3)nc2s1. The highest BCUT2D eigenvalue weighted by molar-refractivity contribution is 7.18. The Kier molecular flexibility index (Phi) is 4.61. The normalized spacial score (nSPS) is 15.0. The van der Waals surface area contributed by atoms with Crippen molar-refractivity contribution in [3.8, 4) is 11.4 Å². The molecule has 0 amide bonds. The van der Waals surface area contributed by atoms with E-state index < -0.39 is 0 Å². The number of anilines is 1. The number of nitrogens with zero attached hydrogens (tertiary/aromatic N) is 4. The van der Waals surface area contributed by atoms with Crippen LogP contribution in [0.15, 0.2) is 24.4 Å². The van der Waals surface area contributed by atoms with Crippen molar-refractivity contribution in [1.82, 2.24) is 20.3 Å². The van der Waals surface area contributed by atoms with Crippen molar-refractivity contribution in [1.29, 1.82) is 0 Å². The Morgan fingerprint density at radius 1 is 1.24 bits per heavy atom. The second kappa shape index (κ2) is 7.03. The van der Waals surface area contributed by atoms with E-state index in [0.717, 1.165) is 66.0 Å². The Morgan fingerprint density at radius 3 is 2.80 bits per heavy atom. The van der Waals surface area contributed by atoms with E-state index in [-0.39, 0.29) is 0 Å². The first-order valence-corrected chi connectivity index (χ1v) is 9.27. The molecule has 3 aromatic rings. The van der Waals surface area contributed by atoms with Crippen LogP contribution in [0.25, 0.3) is 21.6 Å². The van der Waals surface area contributed by atoms with Crippen molar-refractivity contribution in [2.75, 3.05) is 38.3 Å². The van der Waals surface area contributed by atoms with Crippen LogP contribution in [-0.2, 0) is 11.3 Å². The monoisotopic (exact) mass is 355 g/mol. The Bertz CT molecular complexity index is 871. The van der Waals surface area contributed by atoms with E-state index in [1.807, 2.05) is 32.3 Å². The molecule has 1 saturated heterocycles. The summed E-state index contributed by atoms with van der Waals surface area (Å²) in [5.41, 5.74) is 1.94. The predicted octanol–water partition coefficient (Wildman–Crippen LogP) is 2.62. The molecule has 0 radical (unpaired) electrons. The van der Waals surface area contributed by atoms with Crippen LogP contribution >= 0.6 is 11.3 Å². The van der Waals surface area contributed by atoms with Gasteiger partial charge in [0.2, 0.25) is 0 Å². The van der Waals surface area contributed by atoms with E-state index in [4.69, 9.17) is 14.7 Å². The predicted molar refractivity (Wildman–Crippen MR) is 101 cm³/mol. The van der Waals surface area contributed by atoms with Gasteiger partial charge in [0, 0.05) is 42.0 Å². The molecule has 3 aromatic heterocycles. The molecule has 0 spiro atoms. The zero-order chi connectivity index (χ0) is 17.2. The minimum atomic E-state index is 0.736. The number of thiophene rings is 1. The van der Waals surface area contributed by atoms with Gasteiger partial charge in [-0.1, -0.05) is 0 Å². The van der Waals surface area contributed by atoms with Gasteiger partial charge in [0.1, 0.15) is 10.6 Å². The van der Waals surface area contributed by atoms with Crippen molar-refractivity contribution in [3.63, 3.8) is 0 Å². The maximum atomic E-state index is 5.50. The highest BCUT2D eigenvalue weighted by atomic mass is 32.1. The summed E-state index contributed by atoms with van der Waals surface area (Å²) in [5.74, 6) is 1.74. The summed E-state index contributed by atoms with van der Waals surface area (Å²) in [4.78, 5) is 18.7. The van der Waals surface area contributed by atoms with Crippen LogP contribution < -0.4 is 10.2 Å². The molecule has 0 aromatic carbocycles. The number of aryl methyl sites for hydroxylation is 1. The summed E-state index contributed by atoms with van der Waals surface area (Å²) in [6.45, 7) is 6.01. The first kappa shape index (κ1) is 16.4. The lowest BCUT2D eigenvalue weighted by Gasteiger charge is -2.28. The lowest BCUT2D eigenvalue weighted by molar-refractivity contribution is 0.122. The Hall–Kier alpha value is -2.09. The van der Waals surface area contributed by atoms with Crippen LogP contribution in [0.2, 0.25) is 0 Å². The number of ether oxygens (including phenoxy) is 1. The number of nitrogens with one attached hydrogen (secondary N) is 1. The molecule has 1 fully saturated rings. The van der Waals surface area contributed by atoms with Crippen LogP contribution in [0.5, 0.6) is 0 Å². The smallest absolute Gasteiger partial charge is 0.164 e. The zero-order valence-corrected chi connectivity index (χ0v) is 15.3. The molecule has 6 nitrogen and oxygen atoms in total. The fraction of sp³-hybridized carbons (Fsp3) is 0.389. The van der Waals surface area contributed by atoms with Gasteiger partial charge in [-0.25, -0.2) is 9.97 Å². The molecule has 0 aliphatic carbocycles. The summed E-state index contributed by atoms with van der Waals surface area (Å²) in [5, 5.41) is 4.34. The van der Waals surface area contributed by atoms with Gasteiger partial charge in [0.05, 0.1) is 18.6 Å². The highest BCUT2D eigenvalue weighted by Crippen LogP contribution is 2.33. The fourth-order valence-corrected chi connectivity index (χ4v) is 4.00. The molecule has 1 aliphatic heterocycles. The van der Waals surface area contributed by atoms with E-state index in [9.17, 15) is 0 Å². The largest absolute Gasteiger partial charge is 0.378 e. The number of pyridine rings is 1. The molecule has 0 unspecified atom stereocenters. The number of aromatic nitrogens is 3. The standard InChI is InChI=1S/C18H21N5OS/c1-12-3-4-13(10-20-12)16-21-17(23-5-7-24-8-6-23)15-9-14(11-19-2)25-18(15)22-16/h3-4,9-10,19H,5-8,11H2,1-2H3. The maximum Gasteiger partial charge on any atom is 0.164 e. The van der Waals surface area contributed by atoms with Gasteiger partial charge in [0.15, 0.2) is 5.82 Å². The summed E-state index contributed by atoms with van der Waals surface area (Å²) in [7, 11) is 1.96. The molecule has 130 valence electrons. The average molecular weight is 355 g/mol. The molecule has 4 rings (SSSR count). The summed E-state index contributed by atoms with van der Waals surface area (Å²) in [6.07, 6.45) is 1.85. The third kappa shape index (κ3) is 3.35. The van der Waals surface area contributed by atoms with Crippen LogP contribution in [0.3, 0.4) is 0 Å². The number of morpholine rings is 1. The van der Waals surface area contributed by atoms with Crippen LogP contribution in [0.4, 0.5) is 5.82 Å². The number of rotatable bonds is 4. The van der Waals surface area contributed by atoms with Crippen molar-refractivity contribution < 1.29 is 4.74 Å². The number of fused-ring (bicyclic) bond motifs is 1. The van der Waals surface area contributed by atoms with Crippen molar-refractivity contribution >= 4 is 27.4 Å². The number of hydrogen-bond acceptors (Lipinski definition) is 7. The van der Waals surface area contributed by atoms with E-state index in [2.05, 4.69) is 21.3 Å². The fourth-order valence-electron chi connectivity index (χ4n) is 2.96. The van der Waals surface area contributed by atoms with Crippen molar-refractivity contribution in [2.45, 2.75) is 13.5 Å². The summed E-state index contributed by atoms with van der Waals surface area (Å²) >= 11 is 1.72. The van der Waals surface area contributed by atoms with Gasteiger partial charge in [0.25, 0.3) is 0 Å². The van der Waals surface area contributed by atoms with E-state index >= 15 is 0 Å². The van der Waals surface area contributed by atoms with E-state index in [1.165, 1.54) is 4.88 Å². The second-order valence-corrected chi connectivity index (χ2v) is 7.24. The maximum absolute atomic E-state index is 5.50. The molecular weight excluding hydrogens is 334 g/mol. The van der Waals surface area contributed by atoms with Gasteiger partial charge in [-0.3, -0.25) is 4.98 Å². The Morgan fingerprint density at radius 2 is 2.08 bits per heavy atom. The van der Waals surface area contributed by atoms with Crippen LogP contribution in [-0.4, -0.2) is 48.3 Å². The van der Waals surface area contributed by atoms with Gasteiger partial charge in [-0.2, -0.15) is 0 Å². The highest BCUT2D eigenvalue weighted by Gasteiger charge is 2.19. The van der Waals surface area contributed by atoms with Crippen LogP contribution in [0.1, 0.15) is 10.6 Å². The van der Waals surface area contributed by atoms with Gasteiger partial charge in [-0.15, -0.1) is 11.3 Å². The molecule has 7 heteroatoms. The van der Waals surface area contributed by atoms with Gasteiger partial charge >= 0.3 is 0 Å². The Balaban J connectivity index is 1.84. The zero-order valence-electron chi connectivity index (χ0n) is 14.5. The minimum absolute atomic E-state index is 0.736. The van der Waals surface area contributed by atoms with Crippen LogP contribution in [0, 0.1) is 6.92 Å². The quantitative estimate of drug-likeness (QED) is 0.776. The first-order chi connectivity index (χ1) is 12.2. The first-order valence-electron chi connectivity index (χ1n) is 8.45. The molecule has 0 atom stereocenters. The van der Waals surface area contributed by atoms with E-state index in [1.54, 1.807) is 11.3 Å².